The summed E-state index contributed by atoms with van der Waals surface area (Å²) in [6, 6.07) is 5.17. The molecule has 1 aromatic heterocycles. The first kappa shape index (κ1) is 17.1. The van der Waals surface area contributed by atoms with E-state index in [0.29, 0.717) is 5.56 Å². The minimum atomic E-state index is -3.51. The Morgan fingerprint density at radius 3 is 2.36 bits per heavy atom. The molecule has 0 amide bonds. The average Bonchev–Trinajstić information content (AvgIpc) is 2.78. The molecule has 22 heavy (non-hydrogen) atoms. The van der Waals surface area contributed by atoms with Gasteiger partial charge >= 0.3 is 0 Å². The Balaban J connectivity index is 2.21. The van der Waals surface area contributed by atoms with Crippen LogP contribution in [0.2, 0.25) is 0 Å². The van der Waals surface area contributed by atoms with E-state index in [4.69, 9.17) is 0 Å². The quantitative estimate of drug-likeness (QED) is 0.836. The van der Waals surface area contributed by atoms with Crippen LogP contribution in [0.15, 0.2) is 24.3 Å². The summed E-state index contributed by atoms with van der Waals surface area (Å²) in [4.78, 5) is 5.45. The van der Waals surface area contributed by atoms with Crippen molar-refractivity contribution in [2.45, 2.75) is 32.6 Å². The number of rotatable bonds is 5. The summed E-state index contributed by atoms with van der Waals surface area (Å²) in [5, 5.41) is 0.920. The topological polar surface area (TPSA) is 50.3 Å². The lowest BCUT2D eigenvalue weighted by Gasteiger charge is -2.23. The van der Waals surface area contributed by atoms with E-state index >= 15 is 0 Å². The van der Waals surface area contributed by atoms with Crippen LogP contribution in [0.5, 0.6) is 0 Å². The van der Waals surface area contributed by atoms with E-state index in [1.807, 2.05) is 20.8 Å². The predicted molar refractivity (Wildman–Crippen MR) is 86.8 cm³/mol. The number of hydrogen-bond donors (Lipinski definition) is 0. The maximum Gasteiger partial charge on any atom is 0.218 e. The van der Waals surface area contributed by atoms with Crippen LogP contribution in [0.1, 0.15) is 34.1 Å². The van der Waals surface area contributed by atoms with Gasteiger partial charge in [0.25, 0.3) is 0 Å². The number of aryl methyl sites for hydroxylation is 2. The molecule has 0 aliphatic heterocycles. The predicted octanol–water partition coefficient (Wildman–Crippen LogP) is 3.42. The van der Waals surface area contributed by atoms with Crippen LogP contribution < -0.4 is 0 Å². The molecule has 120 valence electrons. The van der Waals surface area contributed by atoms with Crippen LogP contribution in [0.4, 0.5) is 4.39 Å². The summed E-state index contributed by atoms with van der Waals surface area (Å²) in [7, 11) is -1.95. The Hall–Kier alpha value is -1.31. The normalized spacial score (nSPS) is 13.5. The molecule has 0 bridgehead atoms. The minimum absolute atomic E-state index is 0.156. The molecule has 0 saturated heterocycles. The van der Waals surface area contributed by atoms with Gasteiger partial charge < -0.3 is 0 Å². The SMILES string of the molecule is Cc1nc([C@@H](C)N(C)S(=O)(=O)Cc2ccc(F)cc2)c(C)s1. The van der Waals surface area contributed by atoms with Gasteiger partial charge in [-0.25, -0.2) is 17.8 Å². The van der Waals surface area contributed by atoms with Crippen molar-refractivity contribution in [3.63, 3.8) is 0 Å². The summed E-state index contributed by atoms with van der Waals surface area (Å²) in [6.45, 7) is 5.67. The summed E-state index contributed by atoms with van der Waals surface area (Å²) < 4.78 is 39.3. The van der Waals surface area contributed by atoms with Crippen LogP contribution in [0.25, 0.3) is 0 Å². The van der Waals surface area contributed by atoms with Gasteiger partial charge in [0.15, 0.2) is 0 Å². The summed E-state index contributed by atoms with van der Waals surface area (Å²) in [6.07, 6.45) is 0. The third-order valence-electron chi connectivity index (χ3n) is 3.58. The molecule has 0 unspecified atom stereocenters. The van der Waals surface area contributed by atoms with Crippen molar-refractivity contribution in [1.82, 2.24) is 9.29 Å². The zero-order valence-electron chi connectivity index (χ0n) is 13.0. The smallest absolute Gasteiger partial charge is 0.218 e. The first-order valence-corrected chi connectivity index (χ1v) is 9.27. The first-order valence-electron chi connectivity index (χ1n) is 6.85. The van der Waals surface area contributed by atoms with E-state index in [-0.39, 0.29) is 17.6 Å². The molecular weight excluding hydrogens is 323 g/mol. The van der Waals surface area contributed by atoms with Crippen molar-refractivity contribution in [2.75, 3.05) is 7.05 Å². The highest BCUT2D eigenvalue weighted by atomic mass is 32.2. The lowest BCUT2D eigenvalue weighted by molar-refractivity contribution is 0.391. The Morgan fingerprint density at radius 2 is 1.86 bits per heavy atom. The molecule has 0 radical (unpaired) electrons. The fourth-order valence-corrected chi connectivity index (χ4v) is 4.55. The largest absolute Gasteiger partial charge is 0.245 e. The van der Waals surface area contributed by atoms with Crippen molar-refractivity contribution in [2.24, 2.45) is 0 Å². The number of nitrogens with zero attached hydrogens (tertiary/aromatic N) is 2. The van der Waals surface area contributed by atoms with Crippen LogP contribution in [-0.2, 0) is 15.8 Å². The van der Waals surface area contributed by atoms with E-state index < -0.39 is 10.0 Å². The fraction of sp³-hybridized carbons (Fsp3) is 0.400. The van der Waals surface area contributed by atoms with Gasteiger partial charge in [-0.15, -0.1) is 11.3 Å². The van der Waals surface area contributed by atoms with Crippen molar-refractivity contribution < 1.29 is 12.8 Å². The van der Waals surface area contributed by atoms with E-state index in [1.54, 1.807) is 18.4 Å². The van der Waals surface area contributed by atoms with Crippen molar-refractivity contribution in [3.05, 3.63) is 51.2 Å². The second-order valence-corrected chi connectivity index (χ2v) is 8.68. The lowest BCUT2D eigenvalue weighted by Crippen LogP contribution is -2.31. The van der Waals surface area contributed by atoms with E-state index in [0.717, 1.165) is 15.6 Å². The van der Waals surface area contributed by atoms with Crippen LogP contribution in [0.3, 0.4) is 0 Å². The van der Waals surface area contributed by atoms with Crippen molar-refractivity contribution in [1.29, 1.82) is 0 Å². The highest BCUT2D eigenvalue weighted by Crippen LogP contribution is 2.28. The lowest BCUT2D eigenvalue weighted by atomic mass is 10.2. The molecule has 0 fully saturated rings. The molecule has 1 heterocycles. The number of thiazole rings is 1. The molecule has 7 heteroatoms. The zero-order chi connectivity index (χ0) is 16.5. The molecule has 0 saturated carbocycles. The van der Waals surface area contributed by atoms with Crippen molar-refractivity contribution in [3.8, 4) is 0 Å². The third kappa shape index (κ3) is 3.71. The van der Waals surface area contributed by atoms with Gasteiger partial charge in [-0.2, -0.15) is 4.31 Å². The number of benzene rings is 1. The molecule has 4 nitrogen and oxygen atoms in total. The van der Waals surface area contributed by atoms with Crippen LogP contribution in [0, 0.1) is 19.7 Å². The minimum Gasteiger partial charge on any atom is -0.245 e. The number of sulfonamides is 1. The molecule has 1 aromatic carbocycles. The van der Waals surface area contributed by atoms with Crippen molar-refractivity contribution >= 4 is 21.4 Å². The van der Waals surface area contributed by atoms with Gasteiger partial charge in [-0.1, -0.05) is 12.1 Å². The Kier molecular flexibility index (Phi) is 4.99. The zero-order valence-corrected chi connectivity index (χ0v) is 14.6. The molecule has 0 aliphatic carbocycles. The van der Waals surface area contributed by atoms with Crippen LogP contribution >= 0.6 is 11.3 Å². The molecule has 2 rings (SSSR count). The van der Waals surface area contributed by atoms with Gasteiger partial charge in [-0.3, -0.25) is 0 Å². The molecule has 0 N–H and O–H groups in total. The third-order valence-corrected chi connectivity index (χ3v) is 6.38. The van der Waals surface area contributed by atoms with E-state index in [9.17, 15) is 12.8 Å². The number of aromatic nitrogens is 1. The first-order chi connectivity index (χ1) is 10.2. The summed E-state index contributed by atoms with van der Waals surface area (Å²) in [5.41, 5.74) is 1.35. The second-order valence-electron chi connectivity index (χ2n) is 5.25. The summed E-state index contributed by atoms with van der Waals surface area (Å²) >= 11 is 1.56. The van der Waals surface area contributed by atoms with E-state index in [1.165, 1.54) is 28.6 Å². The average molecular weight is 342 g/mol. The molecule has 0 aliphatic rings. The monoisotopic (exact) mass is 342 g/mol. The number of hydrogen-bond acceptors (Lipinski definition) is 4. The van der Waals surface area contributed by atoms with E-state index in [2.05, 4.69) is 4.98 Å². The Labute approximate surface area is 134 Å². The van der Waals surface area contributed by atoms with Gasteiger partial charge in [0.05, 0.1) is 22.5 Å². The maximum absolute atomic E-state index is 12.9. The van der Waals surface area contributed by atoms with Crippen LogP contribution in [-0.4, -0.2) is 24.8 Å². The Morgan fingerprint density at radius 1 is 1.27 bits per heavy atom. The van der Waals surface area contributed by atoms with Gasteiger partial charge in [0, 0.05) is 11.9 Å². The number of halogens is 1. The molecule has 2 aromatic rings. The standard InChI is InChI=1S/C15H19FN2O2S2/c1-10(15-11(2)21-12(3)17-15)18(4)22(19,20)9-13-5-7-14(16)8-6-13/h5-8,10H,9H2,1-4H3/t10-/m1/s1. The molecular formula is C15H19FN2O2S2. The summed E-state index contributed by atoms with van der Waals surface area (Å²) in [5.74, 6) is -0.535. The molecule has 0 spiro atoms. The highest BCUT2D eigenvalue weighted by molar-refractivity contribution is 7.88. The fourth-order valence-electron chi connectivity index (χ4n) is 2.24. The highest BCUT2D eigenvalue weighted by Gasteiger charge is 2.27. The van der Waals surface area contributed by atoms with Gasteiger partial charge in [0.1, 0.15) is 5.82 Å². The van der Waals surface area contributed by atoms with Gasteiger partial charge in [-0.05, 0) is 38.5 Å². The maximum atomic E-state index is 12.9. The second kappa shape index (κ2) is 6.44. The van der Waals surface area contributed by atoms with Gasteiger partial charge in [0.2, 0.25) is 10.0 Å². The molecule has 1 atom stereocenters. The Bertz CT molecular complexity index is 754.